The predicted molar refractivity (Wildman–Crippen MR) is 184 cm³/mol. The number of amides is 2. The van der Waals surface area contributed by atoms with Crippen LogP contribution >= 0.6 is 23.2 Å². The van der Waals surface area contributed by atoms with Crippen LogP contribution in [-0.4, -0.2) is 67.7 Å². The average molecular weight is 684 g/mol. The number of hydrogen-bond acceptors (Lipinski definition) is 5. The summed E-state index contributed by atoms with van der Waals surface area (Å²) in [6.45, 7) is 9.10. The third-order valence-electron chi connectivity index (χ3n) is 9.63. The number of anilines is 1. The number of aromatic nitrogens is 1. The van der Waals surface area contributed by atoms with Crippen LogP contribution in [0.4, 0.5) is 5.69 Å². The molecule has 2 amide bonds. The number of benzene rings is 2. The minimum atomic E-state index is -3.82. The van der Waals surface area contributed by atoms with Crippen LogP contribution in [0.1, 0.15) is 65.7 Å². The lowest BCUT2D eigenvalue weighted by molar-refractivity contribution is -0.133. The number of likely N-dealkylation sites (tertiary alicyclic amines) is 2. The number of rotatable bonds is 9. The van der Waals surface area contributed by atoms with Gasteiger partial charge in [-0.2, -0.15) is 0 Å². The first kappa shape index (κ1) is 32.8. The van der Waals surface area contributed by atoms with Crippen LogP contribution < -0.4 is 5.32 Å². The fourth-order valence-corrected chi connectivity index (χ4v) is 9.21. The summed E-state index contributed by atoms with van der Waals surface area (Å²) in [5.74, 6) is 0.0744. The lowest BCUT2D eigenvalue weighted by atomic mass is 9.96. The quantitative estimate of drug-likeness (QED) is 0.246. The van der Waals surface area contributed by atoms with E-state index in [1.165, 1.54) is 44.5 Å². The molecule has 0 spiro atoms. The predicted octanol–water partition coefficient (Wildman–Crippen LogP) is 6.67. The number of piperidine rings is 1. The number of halogens is 2. The number of aromatic amines is 1. The Labute approximate surface area is 281 Å². The van der Waals surface area contributed by atoms with E-state index in [1.54, 1.807) is 30.3 Å². The van der Waals surface area contributed by atoms with Crippen molar-refractivity contribution in [1.29, 1.82) is 0 Å². The first-order valence-electron chi connectivity index (χ1n) is 16.0. The van der Waals surface area contributed by atoms with Gasteiger partial charge in [0.15, 0.2) is 9.84 Å². The van der Waals surface area contributed by atoms with Gasteiger partial charge in [-0.25, -0.2) is 8.42 Å². The van der Waals surface area contributed by atoms with Gasteiger partial charge in [0, 0.05) is 64.3 Å². The summed E-state index contributed by atoms with van der Waals surface area (Å²) in [7, 11) is -3.82. The summed E-state index contributed by atoms with van der Waals surface area (Å²) in [6, 6.07) is 9.49. The molecule has 6 rings (SSSR count). The van der Waals surface area contributed by atoms with Crippen molar-refractivity contribution in [3.8, 4) is 0 Å². The normalized spacial score (nSPS) is 19.6. The number of carbonyl (C=O) groups excluding carboxylic acids is 2. The summed E-state index contributed by atoms with van der Waals surface area (Å²) in [5.41, 5.74) is 5.51. The Kier molecular flexibility index (Phi) is 9.67. The van der Waals surface area contributed by atoms with Crippen molar-refractivity contribution < 1.29 is 18.0 Å². The molecule has 3 aromatic rings. The van der Waals surface area contributed by atoms with Crippen LogP contribution in [0.2, 0.25) is 10.0 Å². The van der Waals surface area contributed by atoms with Gasteiger partial charge in [0.2, 0.25) is 5.91 Å². The van der Waals surface area contributed by atoms with Crippen LogP contribution in [0.3, 0.4) is 0 Å². The summed E-state index contributed by atoms with van der Waals surface area (Å²) >= 11 is 12.5. The average Bonchev–Trinajstić information content (AvgIpc) is 3.72. The summed E-state index contributed by atoms with van der Waals surface area (Å²) in [4.78, 5) is 34.4. The highest BCUT2D eigenvalue weighted by Crippen LogP contribution is 2.37. The second kappa shape index (κ2) is 13.6. The van der Waals surface area contributed by atoms with Gasteiger partial charge in [0.05, 0.1) is 16.2 Å². The highest BCUT2D eigenvalue weighted by Gasteiger charge is 2.29. The van der Waals surface area contributed by atoms with Crippen LogP contribution in [0.15, 0.2) is 41.3 Å². The Hall–Kier alpha value is -3.11. The van der Waals surface area contributed by atoms with Crippen molar-refractivity contribution in [2.24, 2.45) is 5.92 Å². The molecular weight excluding hydrogens is 643 g/mol. The molecule has 1 aromatic heterocycles. The van der Waals surface area contributed by atoms with Gasteiger partial charge >= 0.3 is 0 Å². The van der Waals surface area contributed by atoms with E-state index in [0.29, 0.717) is 41.1 Å². The second-order valence-electron chi connectivity index (χ2n) is 12.8. The Morgan fingerprint density at radius 3 is 2.50 bits per heavy atom. The molecule has 2 aromatic carbocycles. The number of hydrogen-bond donors (Lipinski definition) is 2. The summed E-state index contributed by atoms with van der Waals surface area (Å²) < 4.78 is 26.8. The fraction of sp³-hybridized carbons (Fsp3) is 0.429. The van der Waals surface area contributed by atoms with Crippen molar-refractivity contribution in [3.05, 3.63) is 80.1 Å². The number of nitrogens with one attached hydrogen (secondary N) is 2. The molecule has 4 heterocycles. The Morgan fingerprint density at radius 2 is 1.76 bits per heavy atom. The molecule has 46 heavy (non-hydrogen) atoms. The van der Waals surface area contributed by atoms with Gasteiger partial charge in [-0.3, -0.25) is 9.59 Å². The van der Waals surface area contributed by atoms with E-state index in [2.05, 4.69) is 20.1 Å². The molecule has 244 valence electrons. The van der Waals surface area contributed by atoms with E-state index < -0.39 is 9.84 Å². The lowest BCUT2D eigenvalue weighted by Gasteiger charge is -2.34. The number of nitrogens with zero attached hydrogens (tertiary/aromatic N) is 2. The Bertz CT molecular complexity index is 1790. The topological polar surface area (TPSA) is 103 Å². The third-order valence-corrected chi connectivity index (χ3v) is 12.0. The first-order chi connectivity index (χ1) is 22.0. The molecule has 2 N–H and O–H groups in total. The van der Waals surface area contributed by atoms with Gasteiger partial charge in [-0.15, -0.1) is 0 Å². The molecule has 2 fully saturated rings. The van der Waals surface area contributed by atoms with Crippen molar-refractivity contribution in [3.63, 3.8) is 0 Å². The molecule has 8 nitrogen and oxygen atoms in total. The molecule has 0 aliphatic carbocycles. The van der Waals surface area contributed by atoms with E-state index in [-0.39, 0.29) is 32.5 Å². The van der Waals surface area contributed by atoms with Crippen LogP contribution in [0, 0.1) is 19.8 Å². The minimum absolute atomic E-state index is 0.0728. The number of H-pyrrole nitrogens is 1. The number of sulfone groups is 1. The molecule has 0 saturated carbocycles. The number of fused-ring (bicyclic) bond motifs is 1. The van der Waals surface area contributed by atoms with Crippen molar-refractivity contribution in [2.45, 2.75) is 63.0 Å². The molecule has 0 bridgehead atoms. The SMILES string of the molecule is Cc1[nH]c(/C=C2\C(=O)Nc3ccc(S(=O)(=O)Cc4c(Cl)cccc4Cl)cc32)c(C)c1CCC(=O)N1CCC[C@@H](CN2CCCC2)C1. The molecule has 0 radical (unpaired) electrons. The van der Waals surface area contributed by atoms with Crippen LogP contribution in [-0.2, 0) is 31.6 Å². The Morgan fingerprint density at radius 1 is 1.02 bits per heavy atom. The van der Waals surface area contributed by atoms with Gasteiger partial charge < -0.3 is 20.1 Å². The second-order valence-corrected chi connectivity index (χ2v) is 15.6. The maximum absolute atomic E-state index is 13.4. The number of carbonyl (C=O) groups is 2. The van der Waals surface area contributed by atoms with Crippen molar-refractivity contribution >= 4 is 62.2 Å². The van der Waals surface area contributed by atoms with Gasteiger partial charge in [0.1, 0.15) is 0 Å². The van der Waals surface area contributed by atoms with Crippen molar-refractivity contribution in [1.82, 2.24) is 14.8 Å². The zero-order chi connectivity index (χ0) is 32.6. The van der Waals surface area contributed by atoms with Gasteiger partial charge in [-0.1, -0.05) is 29.3 Å². The molecule has 2 saturated heterocycles. The van der Waals surface area contributed by atoms with E-state index in [0.717, 1.165) is 48.6 Å². The smallest absolute Gasteiger partial charge is 0.256 e. The first-order valence-corrected chi connectivity index (χ1v) is 18.4. The summed E-state index contributed by atoms with van der Waals surface area (Å²) in [5, 5.41) is 3.41. The monoisotopic (exact) mass is 682 g/mol. The van der Waals surface area contributed by atoms with Gasteiger partial charge in [0.25, 0.3) is 5.91 Å². The Balaban J connectivity index is 1.17. The standard InChI is InChI=1S/C35H40Cl2N4O4S/c1-22-26(11-13-34(42)41-16-6-7-24(20-41)19-40-14-3-4-15-40)23(2)38-33(22)18-28-27-17-25(10-12-32(27)39-35(28)43)46(44,45)21-29-30(36)8-5-9-31(29)37/h5,8-10,12,17-18,24,38H,3-4,6-7,11,13-16,19-21H2,1-2H3,(H,39,43)/b28-18-/t24-/m0/s1. The highest BCUT2D eigenvalue weighted by molar-refractivity contribution is 7.90. The summed E-state index contributed by atoms with van der Waals surface area (Å²) in [6.07, 6.45) is 7.63. The van der Waals surface area contributed by atoms with E-state index >= 15 is 0 Å². The minimum Gasteiger partial charge on any atom is -0.359 e. The molecule has 1 atom stereocenters. The highest BCUT2D eigenvalue weighted by atomic mass is 35.5. The molecule has 0 unspecified atom stereocenters. The molecular formula is C35H40Cl2N4O4S. The third kappa shape index (κ3) is 6.93. The zero-order valence-electron chi connectivity index (χ0n) is 26.3. The maximum Gasteiger partial charge on any atom is 0.256 e. The fourth-order valence-electron chi connectivity index (χ4n) is 7.09. The lowest BCUT2D eigenvalue weighted by Crippen LogP contribution is -2.43. The van der Waals surface area contributed by atoms with E-state index in [9.17, 15) is 18.0 Å². The molecule has 11 heteroatoms. The number of aryl methyl sites for hydroxylation is 1. The van der Waals surface area contributed by atoms with Gasteiger partial charge in [-0.05, 0) is 112 Å². The van der Waals surface area contributed by atoms with E-state index in [4.69, 9.17) is 23.2 Å². The van der Waals surface area contributed by atoms with E-state index in [1.807, 2.05) is 13.8 Å². The molecule has 3 aliphatic heterocycles. The molecule has 3 aliphatic rings. The largest absolute Gasteiger partial charge is 0.359 e. The maximum atomic E-state index is 13.4. The van der Waals surface area contributed by atoms with Crippen LogP contribution in [0.5, 0.6) is 0 Å². The van der Waals surface area contributed by atoms with Crippen molar-refractivity contribution in [2.75, 3.05) is 38.0 Å². The van der Waals surface area contributed by atoms with Crippen LogP contribution in [0.25, 0.3) is 11.6 Å². The zero-order valence-corrected chi connectivity index (χ0v) is 28.6.